The van der Waals surface area contributed by atoms with E-state index in [2.05, 4.69) is 15.3 Å². The monoisotopic (exact) mass is 350 g/mol. The van der Waals surface area contributed by atoms with Crippen LogP contribution >= 0.6 is 11.3 Å². The Morgan fingerprint density at radius 2 is 2.04 bits per heavy atom. The minimum absolute atomic E-state index is 0.284. The second kappa shape index (κ2) is 6.37. The normalized spacial score (nSPS) is 10.9. The van der Waals surface area contributed by atoms with Crippen molar-refractivity contribution in [2.24, 2.45) is 0 Å². The Balaban J connectivity index is 1.60. The molecule has 2 heterocycles. The number of carbonyl (C=O) groups is 1. The van der Waals surface area contributed by atoms with Crippen LogP contribution < -0.4 is 11.0 Å². The highest BCUT2D eigenvalue weighted by molar-refractivity contribution is 7.16. The number of H-pyrrole nitrogens is 1. The number of hydrogen-bond acceptors (Lipinski definition) is 4. The van der Waals surface area contributed by atoms with Crippen LogP contribution in [0, 0.1) is 0 Å². The molecule has 4 aromatic rings. The maximum absolute atomic E-state index is 12.6. The zero-order valence-electron chi connectivity index (χ0n) is 13.1. The van der Waals surface area contributed by atoms with Gasteiger partial charge in [-0.25, -0.2) is 9.78 Å². The molecule has 0 aliphatic rings. The summed E-state index contributed by atoms with van der Waals surface area (Å²) in [4.78, 5) is 31.5. The molecule has 2 aromatic heterocycles. The number of thiazole rings is 1. The topological polar surface area (TPSA) is 79.8 Å². The number of anilines is 1. The van der Waals surface area contributed by atoms with Gasteiger partial charge in [-0.3, -0.25) is 9.36 Å². The molecule has 7 heteroatoms. The smallest absolute Gasteiger partial charge is 0.321 e. The Labute approximate surface area is 146 Å². The predicted octanol–water partition coefficient (Wildman–Crippen LogP) is 3.09. The van der Waals surface area contributed by atoms with Crippen molar-refractivity contribution in [1.82, 2.24) is 14.5 Å². The third-order valence-corrected chi connectivity index (χ3v) is 4.68. The predicted molar refractivity (Wildman–Crippen MR) is 98.2 cm³/mol. The number of nitrogens with zero attached hydrogens (tertiary/aromatic N) is 2. The number of amides is 1. The largest absolute Gasteiger partial charge is 0.326 e. The quantitative estimate of drug-likeness (QED) is 0.593. The van der Waals surface area contributed by atoms with Crippen molar-refractivity contribution in [3.8, 4) is 0 Å². The van der Waals surface area contributed by atoms with Crippen molar-refractivity contribution in [1.29, 1.82) is 0 Å². The van der Waals surface area contributed by atoms with Gasteiger partial charge >= 0.3 is 5.69 Å². The third-order valence-electron chi connectivity index (χ3n) is 3.87. The Bertz CT molecular complexity index is 1090. The molecule has 0 fully saturated rings. The van der Waals surface area contributed by atoms with Crippen LogP contribution in [0.1, 0.15) is 16.1 Å². The molecular weight excluding hydrogens is 336 g/mol. The molecule has 4 rings (SSSR count). The van der Waals surface area contributed by atoms with Gasteiger partial charge in [-0.2, -0.15) is 0 Å². The van der Waals surface area contributed by atoms with Crippen molar-refractivity contribution in [2.75, 3.05) is 5.32 Å². The van der Waals surface area contributed by atoms with Crippen LogP contribution in [0.5, 0.6) is 0 Å². The Morgan fingerprint density at radius 3 is 2.88 bits per heavy atom. The first-order valence-electron chi connectivity index (χ1n) is 7.67. The van der Waals surface area contributed by atoms with E-state index >= 15 is 0 Å². The molecule has 0 unspecified atom stereocenters. The Hall–Kier alpha value is -3.19. The number of hydrogen-bond donors (Lipinski definition) is 2. The summed E-state index contributed by atoms with van der Waals surface area (Å²) in [6, 6.07) is 15.1. The van der Waals surface area contributed by atoms with E-state index in [4.69, 9.17) is 0 Å². The van der Waals surface area contributed by atoms with E-state index in [1.54, 1.807) is 16.8 Å². The summed E-state index contributed by atoms with van der Waals surface area (Å²) >= 11 is 1.54. The average molecular weight is 350 g/mol. The van der Waals surface area contributed by atoms with E-state index in [1.807, 2.05) is 48.5 Å². The number of aromatic nitrogens is 3. The lowest BCUT2D eigenvalue weighted by Crippen LogP contribution is -2.24. The fourth-order valence-electron chi connectivity index (χ4n) is 2.64. The zero-order valence-corrected chi connectivity index (χ0v) is 13.9. The van der Waals surface area contributed by atoms with E-state index in [0.29, 0.717) is 12.2 Å². The molecule has 2 N–H and O–H groups in total. The lowest BCUT2D eigenvalue weighted by molar-refractivity contribution is 0.101. The first-order chi connectivity index (χ1) is 12.2. The van der Waals surface area contributed by atoms with Gasteiger partial charge in [0.15, 0.2) is 0 Å². The highest BCUT2D eigenvalue weighted by Crippen LogP contribution is 2.21. The van der Waals surface area contributed by atoms with Crippen LogP contribution in [0.2, 0.25) is 0 Å². The highest BCUT2D eigenvalue weighted by Gasteiger charge is 2.15. The number of rotatable bonds is 4. The molecule has 2 aromatic carbocycles. The van der Waals surface area contributed by atoms with Gasteiger partial charge < -0.3 is 10.3 Å². The van der Waals surface area contributed by atoms with E-state index in [9.17, 15) is 9.59 Å². The summed E-state index contributed by atoms with van der Waals surface area (Å²) in [5.41, 5.74) is 4.15. The van der Waals surface area contributed by atoms with Crippen LogP contribution in [0.25, 0.3) is 10.2 Å². The summed E-state index contributed by atoms with van der Waals surface area (Å²) in [6.07, 6.45) is 1.43. The standard InChI is InChI=1S/C18H14N4O2S/c23-17(21-13-6-7-16-14(8-13)20-11-25-16)15-9-19-18(24)22(15)10-12-4-2-1-3-5-12/h1-9,11H,10H2,(H,19,24)(H,21,23). The van der Waals surface area contributed by atoms with Crippen LogP contribution in [0.3, 0.4) is 0 Å². The van der Waals surface area contributed by atoms with E-state index in [-0.39, 0.29) is 17.3 Å². The van der Waals surface area contributed by atoms with Crippen molar-refractivity contribution >= 4 is 33.1 Å². The lowest BCUT2D eigenvalue weighted by atomic mass is 10.2. The van der Waals surface area contributed by atoms with Crippen LogP contribution in [0.15, 0.2) is 65.0 Å². The van der Waals surface area contributed by atoms with E-state index in [1.165, 1.54) is 10.8 Å². The van der Waals surface area contributed by atoms with Gasteiger partial charge in [0.25, 0.3) is 5.91 Å². The number of benzene rings is 2. The van der Waals surface area contributed by atoms with Gasteiger partial charge in [0.2, 0.25) is 0 Å². The number of nitrogens with one attached hydrogen (secondary N) is 2. The zero-order chi connectivity index (χ0) is 17.2. The van der Waals surface area contributed by atoms with Gasteiger partial charge in [-0.05, 0) is 23.8 Å². The minimum Gasteiger partial charge on any atom is -0.321 e. The fraction of sp³-hybridized carbons (Fsp3) is 0.0556. The molecule has 0 radical (unpaired) electrons. The summed E-state index contributed by atoms with van der Waals surface area (Å²) in [5, 5.41) is 2.83. The maximum Gasteiger partial charge on any atom is 0.326 e. The molecule has 0 atom stereocenters. The van der Waals surface area contributed by atoms with Gasteiger partial charge in [-0.15, -0.1) is 11.3 Å². The van der Waals surface area contributed by atoms with Crippen LogP contribution in [0.4, 0.5) is 5.69 Å². The molecule has 25 heavy (non-hydrogen) atoms. The van der Waals surface area contributed by atoms with Crippen LogP contribution in [-0.4, -0.2) is 20.4 Å². The second-order valence-corrected chi connectivity index (χ2v) is 6.43. The summed E-state index contributed by atoms with van der Waals surface area (Å²) in [6.45, 7) is 0.330. The number of imidazole rings is 1. The van der Waals surface area contributed by atoms with Gasteiger partial charge in [0.05, 0.1) is 22.3 Å². The second-order valence-electron chi connectivity index (χ2n) is 5.54. The van der Waals surface area contributed by atoms with Gasteiger partial charge in [-0.1, -0.05) is 30.3 Å². The van der Waals surface area contributed by atoms with Gasteiger partial charge in [0, 0.05) is 11.9 Å². The maximum atomic E-state index is 12.6. The first-order valence-corrected chi connectivity index (χ1v) is 8.55. The van der Waals surface area contributed by atoms with Crippen LogP contribution in [-0.2, 0) is 6.54 Å². The first kappa shape index (κ1) is 15.3. The molecular formula is C18H14N4O2S. The summed E-state index contributed by atoms with van der Waals surface area (Å²) in [7, 11) is 0. The SMILES string of the molecule is O=C(Nc1ccc2scnc2c1)c1c[nH]c(=O)n1Cc1ccccc1. The number of carbonyl (C=O) groups excluding carboxylic acids is 1. The van der Waals surface area contributed by atoms with Crippen molar-refractivity contribution in [2.45, 2.75) is 6.54 Å². The molecule has 0 aliphatic carbocycles. The number of fused-ring (bicyclic) bond motifs is 1. The molecule has 0 aliphatic heterocycles. The minimum atomic E-state index is -0.344. The highest BCUT2D eigenvalue weighted by atomic mass is 32.1. The third kappa shape index (κ3) is 3.09. The average Bonchev–Trinajstić information content (AvgIpc) is 3.23. The molecule has 124 valence electrons. The lowest BCUT2D eigenvalue weighted by Gasteiger charge is -2.08. The van der Waals surface area contributed by atoms with Crippen molar-refractivity contribution in [3.05, 3.63) is 82.0 Å². The molecule has 0 bridgehead atoms. The molecule has 6 nitrogen and oxygen atoms in total. The fourth-order valence-corrected chi connectivity index (χ4v) is 3.30. The molecule has 0 saturated heterocycles. The van der Waals surface area contributed by atoms with Gasteiger partial charge in [0.1, 0.15) is 5.69 Å². The summed E-state index contributed by atoms with van der Waals surface area (Å²) in [5.74, 6) is -0.344. The number of aromatic amines is 1. The molecule has 0 spiro atoms. The van der Waals surface area contributed by atoms with Crippen molar-refractivity contribution < 1.29 is 4.79 Å². The van der Waals surface area contributed by atoms with E-state index < -0.39 is 0 Å². The summed E-state index contributed by atoms with van der Waals surface area (Å²) < 4.78 is 2.48. The Kier molecular flexibility index (Phi) is 3.91. The van der Waals surface area contributed by atoms with E-state index in [0.717, 1.165) is 15.8 Å². The Morgan fingerprint density at radius 1 is 1.20 bits per heavy atom. The van der Waals surface area contributed by atoms with Crippen molar-refractivity contribution in [3.63, 3.8) is 0 Å². The molecule has 1 amide bonds. The molecule has 0 saturated carbocycles.